The molecule has 0 saturated heterocycles. The van der Waals surface area contributed by atoms with Crippen LogP contribution in [0, 0.1) is 10.1 Å². The third kappa shape index (κ3) is 3.49. The second kappa shape index (κ2) is 6.09. The standard InChI is InChI=1S/C14H21N3O4/c1-14(2,9-18)16(5)11-7-6-10(13(19)15(3)4)8-12(11)17(20)21/h6-8,18H,9H2,1-5H3. The molecule has 0 aromatic heterocycles. The second-order valence-electron chi connectivity index (χ2n) is 5.69. The number of carbonyl (C=O) groups is 1. The molecule has 0 aliphatic carbocycles. The highest BCUT2D eigenvalue weighted by Crippen LogP contribution is 2.32. The maximum atomic E-state index is 11.9. The summed E-state index contributed by atoms with van der Waals surface area (Å²) in [5.41, 5.74) is -0.204. The van der Waals surface area contributed by atoms with Crippen molar-refractivity contribution in [1.29, 1.82) is 0 Å². The van der Waals surface area contributed by atoms with E-state index >= 15 is 0 Å². The zero-order valence-electron chi connectivity index (χ0n) is 13.0. The van der Waals surface area contributed by atoms with E-state index in [0.29, 0.717) is 5.69 Å². The van der Waals surface area contributed by atoms with E-state index < -0.39 is 10.5 Å². The molecule has 1 aromatic carbocycles. The van der Waals surface area contributed by atoms with Gasteiger partial charge in [-0.05, 0) is 26.0 Å². The number of aliphatic hydroxyl groups excluding tert-OH is 1. The zero-order chi connectivity index (χ0) is 16.4. The van der Waals surface area contributed by atoms with Crippen molar-refractivity contribution >= 4 is 17.3 Å². The number of likely N-dealkylation sites (N-methyl/N-ethyl adjacent to an activating group) is 1. The van der Waals surface area contributed by atoms with Crippen molar-refractivity contribution in [2.45, 2.75) is 19.4 Å². The zero-order valence-corrected chi connectivity index (χ0v) is 13.0. The molecule has 0 bridgehead atoms. The van der Waals surface area contributed by atoms with Gasteiger partial charge in [0.15, 0.2) is 0 Å². The predicted molar refractivity (Wildman–Crippen MR) is 80.7 cm³/mol. The van der Waals surface area contributed by atoms with E-state index in [1.54, 1.807) is 46.0 Å². The molecule has 116 valence electrons. The lowest BCUT2D eigenvalue weighted by Crippen LogP contribution is -2.44. The molecule has 1 N–H and O–H groups in total. The maximum absolute atomic E-state index is 11.9. The summed E-state index contributed by atoms with van der Waals surface area (Å²) in [5.74, 6) is -0.297. The Morgan fingerprint density at radius 3 is 2.33 bits per heavy atom. The van der Waals surface area contributed by atoms with E-state index in [2.05, 4.69) is 0 Å². The maximum Gasteiger partial charge on any atom is 0.293 e. The molecule has 7 nitrogen and oxygen atoms in total. The molecule has 1 amide bonds. The molecule has 0 spiro atoms. The first-order valence-corrected chi connectivity index (χ1v) is 6.46. The van der Waals surface area contributed by atoms with Gasteiger partial charge in [0.05, 0.1) is 17.1 Å². The quantitative estimate of drug-likeness (QED) is 0.657. The first-order valence-electron chi connectivity index (χ1n) is 6.46. The Kier molecular flexibility index (Phi) is 4.90. The average Bonchev–Trinajstić information content (AvgIpc) is 2.44. The lowest BCUT2D eigenvalue weighted by molar-refractivity contribution is -0.384. The summed E-state index contributed by atoms with van der Waals surface area (Å²) in [6.07, 6.45) is 0. The molecule has 21 heavy (non-hydrogen) atoms. The first-order chi connectivity index (χ1) is 9.61. The number of nitro groups is 1. The molecule has 0 saturated carbocycles. The van der Waals surface area contributed by atoms with Crippen LogP contribution in [0.1, 0.15) is 24.2 Å². The molecular weight excluding hydrogens is 274 g/mol. The van der Waals surface area contributed by atoms with Gasteiger partial charge in [-0.2, -0.15) is 0 Å². The Balaban J connectivity index is 3.36. The third-order valence-electron chi connectivity index (χ3n) is 3.48. The largest absolute Gasteiger partial charge is 0.394 e. The number of amides is 1. The molecule has 7 heteroatoms. The molecule has 0 fully saturated rings. The van der Waals surface area contributed by atoms with Gasteiger partial charge in [0.1, 0.15) is 5.69 Å². The lowest BCUT2D eigenvalue weighted by Gasteiger charge is -2.35. The highest BCUT2D eigenvalue weighted by molar-refractivity contribution is 5.95. The number of nitrogens with zero attached hydrogens (tertiary/aromatic N) is 3. The monoisotopic (exact) mass is 295 g/mol. The van der Waals surface area contributed by atoms with E-state index in [4.69, 9.17) is 0 Å². The van der Waals surface area contributed by atoms with Gasteiger partial charge >= 0.3 is 0 Å². The molecule has 1 rings (SSSR count). The van der Waals surface area contributed by atoms with Gasteiger partial charge < -0.3 is 14.9 Å². The fourth-order valence-electron chi connectivity index (χ4n) is 1.78. The van der Waals surface area contributed by atoms with Crippen LogP contribution in [0.5, 0.6) is 0 Å². The normalized spacial score (nSPS) is 11.1. The highest BCUT2D eigenvalue weighted by atomic mass is 16.6. The second-order valence-corrected chi connectivity index (χ2v) is 5.69. The molecule has 0 atom stereocenters. The van der Waals surface area contributed by atoms with Gasteiger partial charge in [-0.15, -0.1) is 0 Å². The van der Waals surface area contributed by atoms with E-state index in [1.807, 2.05) is 0 Å². The fraction of sp³-hybridized carbons (Fsp3) is 0.500. The number of nitro benzene ring substituents is 1. The van der Waals surface area contributed by atoms with Crippen LogP contribution < -0.4 is 4.90 Å². The van der Waals surface area contributed by atoms with Gasteiger partial charge in [0, 0.05) is 32.8 Å². The highest BCUT2D eigenvalue weighted by Gasteiger charge is 2.29. The number of hydrogen-bond donors (Lipinski definition) is 1. The molecule has 0 heterocycles. The Labute approximate surface area is 123 Å². The molecule has 0 aliphatic heterocycles. The molecule has 0 aliphatic rings. The molecule has 0 unspecified atom stereocenters. The molecular formula is C14H21N3O4. The van der Waals surface area contributed by atoms with Gasteiger partial charge in [0.2, 0.25) is 0 Å². The van der Waals surface area contributed by atoms with E-state index in [-0.39, 0.29) is 23.8 Å². The third-order valence-corrected chi connectivity index (χ3v) is 3.48. The van der Waals surface area contributed by atoms with Gasteiger partial charge in [-0.25, -0.2) is 0 Å². The van der Waals surface area contributed by atoms with E-state index in [1.165, 1.54) is 17.0 Å². The van der Waals surface area contributed by atoms with E-state index in [9.17, 15) is 20.0 Å². The van der Waals surface area contributed by atoms with Crippen molar-refractivity contribution < 1.29 is 14.8 Å². The topological polar surface area (TPSA) is 86.9 Å². The van der Waals surface area contributed by atoms with Crippen molar-refractivity contribution in [3.63, 3.8) is 0 Å². The summed E-state index contributed by atoms with van der Waals surface area (Å²) in [6, 6.07) is 4.35. The Morgan fingerprint density at radius 1 is 1.33 bits per heavy atom. The minimum atomic E-state index is -0.655. The van der Waals surface area contributed by atoms with E-state index in [0.717, 1.165) is 0 Å². The van der Waals surface area contributed by atoms with Crippen LogP contribution in [0.3, 0.4) is 0 Å². The summed E-state index contributed by atoms with van der Waals surface area (Å²) in [5, 5.41) is 20.7. The average molecular weight is 295 g/mol. The van der Waals surface area contributed by atoms with Crippen LogP contribution in [0.4, 0.5) is 11.4 Å². The fourth-order valence-corrected chi connectivity index (χ4v) is 1.78. The summed E-state index contributed by atoms with van der Waals surface area (Å²) in [6.45, 7) is 3.39. The number of hydrogen-bond acceptors (Lipinski definition) is 5. The number of anilines is 1. The number of benzene rings is 1. The minimum Gasteiger partial charge on any atom is -0.394 e. The Bertz CT molecular complexity index is 555. The van der Waals surface area contributed by atoms with Crippen LogP contribution >= 0.6 is 0 Å². The Hall–Kier alpha value is -2.15. The summed E-state index contributed by atoms with van der Waals surface area (Å²) < 4.78 is 0. The SMILES string of the molecule is CN(C)C(=O)c1ccc(N(C)C(C)(C)CO)c([N+](=O)[O-])c1. The van der Waals surface area contributed by atoms with Gasteiger partial charge in [-0.1, -0.05) is 0 Å². The summed E-state index contributed by atoms with van der Waals surface area (Å²) in [7, 11) is 4.85. The smallest absolute Gasteiger partial charge is 0.293 e. The lowest BCUT2D eigenvalue weighted by atomic mass is 10.0. The van der Waals surface area contributed by atoms with Crippen molar-refractivity contribution in [2.24, 2.45) is 0 Å². The minimum absolute atomic E-state index is 0.154. The van der Waals surface area contributed by atoms with Crippen LogP contribution in [0.15, 0.2) is 18.2 Å². The van der Waals surface area contributed by atoms with Crippen LogP contribution in [0.25, 0.3) is 0 Å². The summed E-state index contributed by atoms with van der Waals surface area (Å²) in [4.78, 5) is 25.7. The van der Waals surface area contributed by atoms with Gasteiger partial charge in [-0.3, -0.25) is 14.9 Å². The van der Waals surface area contributed by atoms with Crippen LogP contribution in [-0.2, 0) is 0 Å². The van der Waals surface area contributed by atoms with Crippen molar-refractivity contribution in [1.82, 2.24) is 4.90 Å². The number of rotatable bonds is 5. The summed E-state index contributed by atoms with van der Waals surface area (Å²) >= 11 is 0. The molecule has 0 radical (unpaired) electrons. The van der Waals surface area contributed by atoms with Crippen LogP contribution in [0.2, 0.25) is 0 Å². The van der Waals surface area contributed by atoms with Crippen molar-refractivity contribution in [3.05, 3.63) is 33.9 Å². The Morgan fingerprint density at radius 2 is 1.90 bits per heavy atom. The predicted octanol–water partition coefficient (Wildman–Crippen LogP) is 1.50. The number of aliphatic hydroxyl groups is 1. The van der Waals surface area contributed by atoms with Crippen molar-refractivity contribution in [3.8, 4) is 0 Å². The van der Waals surface area contributed by atoms with Crippen molar-refractivity contribution in [2.75, 3.05) is 32.6 Å². The number of carbonyl (C=O) groups excluding carboxylic acids is 1. The first kappa shape index (κ1) is 16.9. The van der Waals surface area contributed by atoms with Gasteiger partial charge in [0.25, 0.3) is 11.6 Å². The van der Waals surface area contributed by atoms with Crippen LogP contribution in [-0.4, -0.2) is 54.1 Å². The molecule has 1 aromatic rings.